The minimum atomic E-state index is -4.63. The third kappa shape index (κ3) is 6.55. The van der Waals surface area contributed by atoms with E-state index in [4.69, 9.17) is 31.0 Å². The molecule has 2 aliphatic heterocycles. The molecule has 7 rings (SSSR count). The zero-order valence-electron chi connectivity index (χ0n) is 24.5. The Bertz CT molecular complexity index is 1850. The Labute approximate surface area is 265 Å². The fraction of sp³-hybridized carbons (Fsp3) is 0.387. The molecule has 0 radical (unpaired) electrons. The quantitative estimate of drug-likeness (QED) is 0.188. The third-order valence-corrected chi connectivity index (χ3v) is 8.62. The molecule has 1 atom stereocenters. The van der Waals surface area contributed by atoms with Gasteiger partial charge in [-0.25, -0.2) is 19.3 Å². The molecule has 6 heterocycles. The molecular weight excluding hydrogens is 628 g/mol. The number of alkyl halides is 3. The van der Waals surface area contributed by atoms with Crippen molar-refractivity contribution in [2.75, 3.05) is 19.7 Å². The molecule has 0 aliphatic carbocycles. The first kappa shape index (κ1) is 30.5. The van der Waals surface area contributed by atoms with Crippen LogP contribution >= 0.6 is 11.6 Å². The molecule has 0 spiro atoms. The summed E-state index contributed by atoms with van der Waals surface area (Å²) in [7, 11) is 0. The number of hydrogen-bond donors (Lipinski definition) is 1. The lowest BCUT2D eigenvalue weighted by Crippen LogP contribution is -2.35. The first-order valence-corrected chi connectivity index (χ1v) is 15.3. The minimum absolute atomic E-state index is 0.0502. The van der Waals surface area contributed by atoms with Gasteiger partial charge in [-0.1, -0.05) is 23.7 Å². The topological polar surface area (TPSA) is 107 Å². The number of ether oxygens (including phenoxy) is 2. The average molecular weight is 657 g/mol. The van der Waals surface area contributed by atoms with Crippen LogP contribution in [0.1, 0.15) is 48.1 Å². The number of fused-ring (bicyclic) bond motifs is 1. The van der Waals surface area contributed by atoms with E-state index in [0.29, 0.717) is 41.7 Å². The van der Waals surface area contributed by atoms with E-state index in [-0.39, 0.29) is 30.1 Å². The fourth-order valence-electron chi connectivity index (χ4n) is 5.77. The number of piperidine rings is 1. The van der Waals surface area contributed by atoms with Crippen LogP contribution < -0.4 is 4.74 Å². The van der Waals surface area contributed by atoms with Crippen LogP contribution in [0.2, 0.25) is 5.02 Å². The number of nitrogens with one attached hydrogen (secondary N) is 1. The van der Waals surface area contributed by atoms with Gasteiger partial charge in [0.05, 0.1) is 36.4 Å². The molecule has 5 aromatic rings. The van der Waals surface area contributed by atoms with Crippen molar-refractivity contribution in [1.82, 2.24) is 39.6 Å². The van der Waals surface area contributed by atoms with E-state index in [2.05, 4.69) is 24.5 Å². The Morgan fingerprint density at radius 3 is 2.59 bits per heavy atom. The standard InChI is InChI=1S/C31H29ClF4N8O2/c32-20-5-4-19(22(33)12-20)17-46-28-3-1-2-23(39-28)18-6-9-43(10-7-18)16-27-38-24-13-25(29-40-30(42-41-29)31(34,35)36)37-14-26(24)44(27)15-21-8-11-45-21/h1-5,12-14,18,21H,6-11,15-17H2,(H,40,41,42). The van der Waals surface area contributed by atoms with Crippen LogP contribution in [-0.4, -0.2) is 65.4 Å². The van der Waals surface area contributed by atoms with Crippen LogP contribution in [0, 0.1) is 5.82 Å². The predicted octanol–water partition coefficient (Wildman–Crippen LogP) is 6.17. The fourth-order valence-corrected chi connectivity index (χ4v) is 5.93. The smallest absolute Gasteiger partial charge is 0.451 e. The van der Waals surface area contributed by atoms with Crippen molar-refractivity contribution in [2.45, 2.75) is 57.2 Å². The van der Waals surface area contributed by atoms with Gasteiger partial charge in [-0.3, -0.25) is 15.0 Å². The SMILES string of the molecule is Fc1cc(Cl)ccc1COc1cccc(C2CCN(Cc3nc4cc(-c5n[nH]c(C(F)(F)F)n5)ncc4n3CC3CCO3)CC2)n1. The maximum absolute atomic E-state index is 14.2. The van der Waals surface area contributed by atoms with Gasteiger partial charge in [-0.2, -0.15) is 18.3 Å². The zero-order valence-corrected chi connectivity index (χ0v) is 25.2. The van der Waals surface area contributed by atoms with E-state index in [1.54, 1.807) is 30.5 Å². The lowest BCUT2D eigenvalue weighted by atomic mass is 9.93. The summed E-state index contributed by atoms with van der Waals surface area (Å²) in [5, 5.41) is 5.97. The van der Waals surface area contributed by atoms with Crippen molar-refractivity contribution >= 4 is 22.6 Å². The summed E-state index contributed by atoms with van der Waals surface area (Å²) in [6.07, 6.45) is -0.250. The monoisotopic (exact) mass is 656 g/mol. The molecule has 1 aromatic carbocycles. The highest BCUT2D eigenvalue weighted by Gasteiger charge is 2.35. The number of nitrogens with zero attached hydrogens (tertiary/aromatic N) is 7. The number of H-pyrrole nitrogens is 1. The highest BCUT2D eigenvalue weighted by atomic mass is 35.5. The van der Waals surface area contributed by atoms with Crippen LogP contribution in [-0.2, 0) is 30.6 Å². The Kier molecular flexibility index (Phi) is 8.34. The summed E-state index contributed by atoms with van der Waals surface area (Å²) in [4.78, 5) is 19.9. The van der Waals surface area contributed by atoms with E-state index >= 15 is 0 Å². The first-order chi connectivity index (χ1) is 22.2. The Morgan fingerprint density at radius 2 is 1.87 bits per heavy atom. The molecule has 15 heteroatoms. The van der Waals surface area contributed by atoms with Gasteiger partial charge >= 0.3 is 6.18 Å². The Morgan fingerprint density at radius 1 is 1.04 bits per heavy atom. The van der Waals surface area contributed by atoms with Crippen LogP contribution in [0.15, 0.2) is 48.7 Å². The van der Waals surface area contributed by atoms with E-state index in [1.807, 2.05) is 17.2 Å². The van der Waals surface area contributed by atoms with Crippen molar-refractivity contribution in [3.05, 3.63) is 82.4 Å². The second-order valence-electron chi connectivity index (χ2n) is 11.5. The molecule has 2 aliphatic rings. The summed E-state index contributed by atoms with van der Waals surface area (Å²) in [6.45, 7) is 3.60. The van der Waals surface area contributed by atoms with Gasteiger partial charge in [-0.15, -0.1) is 0 Å². The van der Waals surface area contributed by atoms with Gasteiger partial charge in [0.1, 0.15) is 23.9 Å². The van der Waals surface area contributed by atoms with Gasteiger partial charge in [0.25, 0.3) is 0 Å². The van der Waals surface area contributed by atoms with Crippen LogP contribution in [0.4, 0.5) is 17.6 Å². The predicted molar refractivity (Wildman–Crippen MR) is 159 cm³/mol. The summed E-state index contributed by atoms with van der Waals surface area (Å²) in [5.74, 6) is -0.232. The second-order valence-corrected chi connectivity index (χ2v) is 11.9. The molecule has 10 nitrogen and oxygen atoms in total. The first-order valence-electron chi connectivity index (χ1n) is 14.9. The molecule has 0 bridgehead atoms. The molecule has 1 N–H and O–H groups in total. The molecule has 2 saturated heterocycles. The second kappa shape index (κ2) is 12.6. The molecule has 4 aromatic heterocycles. The number of likely N-dealkylation sites (tertiary alicyclic amines) is 1. The van der Waals surface area contributed by atoms with Crippen LogP contribution in [0.25, 0.3) is 22.6 Å². The molecule has 2 fully saturated rings. The van der Waals surface area contributed by atoms with Gasteiger partial charge in [0.2, 0.25) is 11.7 Å². The average Bonchev–Trinajstić information content (AvgIpc) is 3.64. The Hall–Kier alpha value is -4.14. The molecular formula is C31H29ClF4N8O2. The number of hydrogen-bond acceptors (Lipinski definition) is 8. The summed E-state index contributed by atoms with van der Waals surface area (Å²) >= 11 is 5.85. The number of rotatable bonds is 9. The largest absolute Gasteiger partial charge is 0.473 e. The summed E-state index contributed by atoms with van der Waals surface area (Å²) in [6, 6.07) is 11.8. The maximum Gasteiger partial charge on any atom is 0.451 e. The number of halogens is 5. The highest BCUT2D eigenvalue weighted by molar-refractivity contribution is 6.30. The minimum Gasteiger partial charge on any atom is -0.473 e. The number of pyridine rings is 2. The maximum atomic E-state index is 14.2. The molecule has 46 heavy (non-hydrogen) atoms. The summed E-state index contributed by atoms with van der Waals surface area (Å²) in [5.41, 5.74) is 2.91. The zero-order chi connectivity index (χ0) is 31.8. The van der Waals surface area contributed by atoms with Gasteiger partial charge in [0, 0.05) is 34.9 Å². The normalized spacial score (nSPS) is 17.8. The highest BCUT2D eigenvalue weighted by Crippen LogP contribution is 2.31. The van der Waals surface area contributed by atoms with Crippen molar-refractivity contribution < 1.29 is 27.0 Å². The number of benzene rings is 1. The summed E-state index contributed by atoms with van der Waals surface area (Å²) < 4.78 is 66.9. The van der Waals surface area contributed by atoms with E-state index < -0.39 is 17.8 Å². The Balaban J connectivity index is 1.03. The van der Waals surface area contributed by atoms with Crippen molar-refractivity contribution in [3.63, 3.8) is 0 Å². The lowest BCUT2D eigenvalue weighted by Gasteiger charge is -2.32. The van der Waals surface area contributed by atoms with Gasteiger partial charge in [0.15, 0.2) is 5.82 Å². The molecule has 1 unspecified atom stereocenters. The third-order valence-electron chi connectivity index (χ3n) is 8.38. The van der Waals surface area contributed by atoms with Crippen LogP contribution in [0.5, 0.6) is 5.88 Å². The van der Waals surface area contributed by atoms with E-state index in [0.717, 1.165) is 49.4 Å². The van der Waals surface area contributed by atoms with Crippen LogP contribution in [0.3, 0.4) is 0 Å². The van der Waals surface area contributed by atoms with E-state index in [1.165, 1.54) is 6.07 Å². The lowest BCUT2D eigenvalue weighted by molar-refractivity contribution is -0.144. The number of aromatic amines is 1. The molecule has 240 valence electrons. The van der Waals surface area contributed by atoms with Gasteiger partial charge in [-0.05, 0) is 56.6 Å². The van der Waals surface area contributed by atoms with Crippen molar-refractivity contribution in [1.29, 1.82) is 0 Å². The molecule has 0 saturated carbocycles. The number of imidazole rings is 1. The number of aromatic nitrogens is 7. The van der Waals surface area contributed by atoms with Crippen molar-refractivity contribution in [2.24, 2.45) is 0 Å². The molecule has 0 amide bonds. The van der Waals surface area contributed by atoms with E-state index in [9.17, 15) is 17.6 Å². The van der Waals surface area contributed by atoms with Gasteiger partial charge < -0.3 is 14.0 Å². The van der Waals surface area contributed by atoms with Crippen molar-refractivity contribution in [3.8, 4) is 17.4 Å².